The number of hydrogen-bond acceptors (Lipinski definition) is 1. The van der Waals surface area contributed by atoms with E-state index in [9.17, 15) is 0 Å². The fraction of sp³-hybridized carbons (Fsp3) is 0.250. The summed E-state index contributed by atoms with van der Waals surface area (Å²) in [6, 6.07) is 14.4. The van der Waals surface area contributed by atoms with Gasteiger partial charge in [-0.2, -0.15) is 0 Å². The van der Waals surface area contributed by atoms with Crippen LogP contribution in [0.25, 0.3) is 22.0 Å². The predicted molar refractivity (Wildman–Crippen MR) is 87.6 cm³/mol. The van der Waals surface area contributed by atoms with E-state index in [-0.39, 0.29) is 25.5 Å². The second-order valence-corrected chi connectivity index (χ2v) is 6.61. The first-order valence-electron chi connectivity index (χ1n) is 7.42. The molecule has 22 heavy (non-hydrogen) atoms. The Morgan fingerprint density at radius 1 is 1.09 bits per heavy atom. The van der Waals surface area contributed by atoms with Gasteiger partial charge in [0.2, 0.25) is 0 Å². The van der Waals surface area contributed by atoms with E-state index in [2.05, 4.69) is 63.0 Å². The Hall–Kier alpha value is -1.50. The summed E-state index contributed by atoms with van der Waals surface area (Å²) in [6.45, 7) is 8.92. The van der Waals surface area contributed by atoms with Gasteiger partial charge in [0, 0.05) is 11.7 Å². The van der Waals surface area contributed by atoms with Crippen LogP contribution in [0.1, 0.15) is 36.1 Å². The zero-order chi connectivity index (χ0) is 14.8. The van der Waals surface area contributed by atoms with Crippen LogP contribution in [-0.2, 0) is 25.5 Å². The fourth-order valence-corrected chi connectivity index (χ4v) is 3.61. The van der Waals surface area contributed by atoms with Gasteiger partial charge in [0.1, 0.15) is 0 Å². The SMILES string of the molecule is Cc1c[c-]c2c(c1)C(C)(C)c1cc(C)c3cccnc3c1-2.[Ir+3]. The second-order valence-electron chi connectivity index (χ2n) is 6.61. The standard InChI is InChI=1S/C20H18N.Ir/c1-12-7-8-15-16(10-12)20(3,4)17-11-13(2)14-6-5-9-21-19(14)18(15)17;/h5-7,9-11H,1-4H3;/q-1;+3. The number of nitrogens with zero attached hydrogens (tertiary/aromatic N) is 1. The molecule has 4 rings (SSSR count). The number of hydrogen-bond donors (Lipinski definition) is 0. The zero-order valence-corrected chi connectivity index (χ0v) is 15.6. The number of aryl methyl sites for hydroxylation is 2. The Labute approximate surface area is 145 Å². The quantitative estimate of drug-likeness (QED) is 0.429. The minimum Gasteiger partial charge on any atom is -0.266 e. The number of rotatable bonds is 0. The molecule has 1 heterocycles. The Bertz CT molecular complexity index is 894. The molecule has 0 saturated heterocycles. The third-order valence-electron chi connectivity index (χ3n) is 4.78. The van der Waals surface area contributed by atoms with Crippen molar-refractivity contribution in [2.75, 3.05) is 0 Å². The molecule has 0 radical (unpaired) electrons. The van der Waals surface area contributed by atoms with Gasteiger partial charge < -0.3 is 0 Å². The largest absolute Gasteiger partial charge is 3.00 e. The van der Waals surface area contributed by atoms with Crippen molar-refractivity contribution in [1.29, 1.82) is 0 Å². The Morgan fingerprint density at radius 3 is 2.64 bits per heavy atom. The molecule has 3 aromatic rings. The topological polar surface area (TPSA) is 12.9 Å². The Morgan fingerprint density at radius 2 is 1.86 bits per heavy atom. The summed E-state index contributed by atoms with van der Waals surface area (Å²) in [6.07, 6.45) is 1.89. The van der Waals surface area contributed by atoms with Crippen molar-refractivity contribution in [3.63, 3.8) is 0 Å². The van der Waals surface area contributed by atoms with Gasteiger partial charge in [-0.1, -0.05) is 44.0 Å². The van der Waals surface area contributed by atoms with Gasteiger partial charge >= 0.3 is 20.1 Å². The Kier molecular flexibility index (Phi) is 3.51. The molecule has 0 spiro atoms. The van der Waals surface area contributed by atoms with Crippen LogP contribution in [0.4, 0.5) is 0 Å². The third kappa shape index (κ3) is 1.91. The van der Waals surface area contributed by atoms with Crippen LogP contribution in [-0.4, -0.2) is 4.98 Å². The second kappa shape index (κ2) is 5.01. The molecular formula is C20H18IrN+2. The molecule has 1 aromatic heterocycles. The molecule has 2 aromatic carbocycles. The molecule has 0 N–H and O–H groups in total. The number of fused-ring (bicyclic) bond motifs is 5. The smallest absolute Gasteiger partial charge is 0.266 e. The fourth-order valence-electron chi connectivity index (χ4n) is 3.61. The molecule has 0 bridgehead atoms. The summed E-state index contributed by atoms with van der Waals surface area (Å²) >= 11 is 0. The maximum absolute atomic E-state index is 4.68. The van der Waals surface area contributed by atoms with E-state index >= 15 is 0 Å². The molecule has 0 atom stereocenters. The molecule has 1 aliphatic carbocycles. The van der Waals surface area contributed by atoms with E-state index in [0.717, 1.165) is 5.52 Å². The first-order valence-corrected chi connectivity index (χ1v) is 7.42. The number of benzene rings is 2. The summed E-state index contributed by atoms with van der Waals surface area (Å²) in [5, 5.41) is 1.24. The molecule has 0 saturated carbocycles. The predicted octanol–water partition coefficient (Wildman–Crippen LogP) is 4.96. The summed E-state index contributed by atoms with van der Waals surface area (Å²) in [4.78, 5) is 4.68. The molecule has 0 unspecified atom stereocenters. The molecule has 1 aliphatic rings. The van der Waals surface area contributed by atoms with E-state index in [1.54, 1.807) is 0 Å². The van der Waals surface area contributed by atoms with Crippen LogP contribution in [0.2, 0.25) is 0 Å². The number of pyridine rings is 1. The maximum atomic E-state index is 4.68. The van der Waals surface area contributed by atoms with Crippen molar-refractivity contribution in [3.8, 4) is 11.1 Å². The van der Waals surface area contributed by atoms with Crippen LogP contribution in [0.15, 0.2) is 36.5 Å². The molecular weight excluding hydrogens is 446 g/mol. The average Bonchev–Trinajstić information content (AvgIpc) is 2.68. The van der Waals surface area contributed by atoms with Crippen LogP contribution >= 0.6 is 0 Å². The maximum Gasteiger partial charge on any atom is 3.00 e. The monoisotopic (exact) mass is 465 g/mol. The Balaban J connectivity index is 0.00000144. The van der Waals surface area contributed by atoms with Crippen LogP contribution in [0.3, 0.4) is 0 Å². The van der Waals surface area contributed by atoms with Gasteiger partial charge in [-0.05, 0) is 29.4 Å². The van der Waals surface area contributed by atoms with Crippen molar-refractivity contribution < 1.29 is 20.1 Å². The molecule has 0 aliphatic heterocycles. The third-order valence-corrected chi connectivity index (χ3v) is 4.78. The van der Waals surface area contributed by atoms with Gasteiger partial charge in [-0.15, -0.1) is 34.9 Å². The molecule has 110 valence electrons. The average molecular weight is 465 g/mol. The van der Waals surface area contributed by atoms with E-state index < -0.39 is 0 Å². The van der Waals surface area contributed by atoms with E-state index in [0.29, 0.717) is 0 Å². The van der Waals surface area contributed by atoms with E-state index in [1.807, 2.05) is 12.3 Å². The van der Waals surface area contributed by atoms with Gasteiger partial charge in [-0.3, -0.25) is 4.98 Å². The molecule has 2 heteroatoms. The summed E-state index contributed by atoms with van der Waals surface area (Å²) in [5.41, 5.74) is 8.94. The van der Waals surface area contributed by atoms with Crippen molar-refractivity contribution in [2.24, 2.45) is 0 Å². The van der Waals surface area contributed by atoms with Crippen LogP contribution in [0, 0.1) is 19.9 Å². The van der Waals surface area contributed by atoms with Crippen molar-refractivity contribution in [3.05, 3.63) is 64.8 Å². The molecule has 1 nitrogen and oxygen atoms in total. The minimum atomic E-state index is 0. The zero-order valence-electron chi connectivity index (χ0n) is 13.2. The van der Waals surface area contributed by atoms with Gasteiger partial charge in [0.15, 0.2) is 0 Å². The van der Waals surface area contributed by atoms with Gasteiger partial charge in [0.25, 0.3) is 0 Å². The van der Waals surface area contributed by atoms with Crippen molar-refractivity contribution >= 4 is 10.9 Å². The van der Waals surface area contributed by atoms with Crippen molar-refractivity contribution in [2.45, 2.75) is 33.1 Å². The molecule has 0 fully saturated rings. The van der Waals surface area contributed by atoms with Gasteiger partial charge in [-0.25, -0.2) is 0 Å². The number of aromatic nitrogens is 1. The van der Waals surface area contributed by atoms with E-state index in [1.165, 1.54) is 38.8 Å². The van der Waals surface area contributed by atoms with Gasteiger partial charge in [0.05, 0.1) is 0 Å². The van der Waals surface area contributed by atoms with Crippen LogP contribution in [0.5, 0.6) is 0 Å². The minimum absolute atomic E-state index is 0. The molecule has 0 amide bonds. The first-order chi connectivity index (χ1) is 10.00. The van der Waals surface area contributed by atoms with Crippen LogP contribution < -0.4 is 0 Å². The summed E-state index contributed by atoms with van der Waals surface area (Å²) in [7, 11) is 0. The summed E-state index contributed by atoms with van der Waals surface area (Å²) in [5.74, 6) is 0. The van der Waals surface area contributed by atoms with E-state index in [4.69, 9.17) is 0 Å². The normalized spacial score (nSPS) is 14.4. The summed E-state index contributed by atoms with van der Waals surface area (Å²) < 4.78 is 0. The van der Waals surface area contributed by atoms with Crippen molar-refractivity contribution in [1.82, 2.24) is 4.98 Å². The first kappa shape index (κ1) is 15.4.